The first kappa shape index (κ1) is 11.9. The van der Waals surface area contributed by atoms with E-state index in [1.54, 1.807) is 19.2 Å². The Morgan fingerprint density at radius 1 is 1.53 bits per heavy atom. The predicted octanol–water partition coefficient (Wildman–Crippen LogP) is 1.22. The van der Waals surface area contributed by atoms with E-state index in [1.165, 1.54) is 0 Å². The van der Waals surface area contributed by atoms with Gasteiger partial charge in [0.2, 0.25) is 9.47 Å². The summed E-state index contributed by atoms with van der Waals surface area (Å²) in [4.78, 5) is 19.7. The molecule has 0 unspecified atom stereocenters. The molecule has 0 saturated heterocycles. The van der Waals surface area contributed by atoms with Gasteiger partial charge in [0.15, 0.2) is 0 Å². The number of rotatable bonds is 3. The smallest absolute Gasteiger partial charge is 0.282 e. The van der Waals surface area contributed by atoms with Crippen molar-refractivity contribution in [1.29, 1.82) is 0 Å². The van der Waals surface area contributed by atoms with Crippen molar-refractivity contribution in [3.8, 4) is 0 Å². The highest BCUT2D eigenvalue weighted by molar-refractivity contribution is 7.17. The van der Waals surface area contributed by atoms with Gasteiger partial charge in [0.05, 0.1) is 12.2 Å². The molecule has 2 aromatic rings. The Bertz CT molecular complexity index is 544. The van der Waals surface area contributed by atoms with E-state index in [0.717, 1.165) is 17.0 Å². The number of carbonyl (C=O) groups excluding carboxylic acids is 1. The van der Waals surface area contributed by atoms with Crippen LogP contribution in [0.5, 0.6) is 0 Å². The molecule has 2 aromatic heterocycles. The van der Waals surface area contributed by atoms with Crippen LogP contribution in [0.25, 0.3) is 0 Å². The Morgan fingerprint density at radius 3 is 3.00 bits per heavy atom. The van der Waals surface area contributed by atoms with Gasteiger partial charge in [-0.05, 0) is 24.6 Å². The van der Waals surface area contributed by atoms with Gasteiger partial charge in [-0.2, -0.15) is 0 Å². The highest BCUT2D eigenvalue weighted by atomic mass is 35.5. The number of nitrogens with one attached hydrogen (secondary N) is 1. The maximum atomic E-state index is 11.6. The summed E-state index contributed by atoms with van der Waals surface area (Å²) in [5.41, 5.74) is 0.737. The fourth-order valence-corrected chi connectivity index (χ4v) is 1.89. The van der Waals surface area contributed by atoms with Crippen molar-refractivity contribution in [2.24, 2.45) is 0 Å². The lowest BCUT2D eigenvalue weighted by Crippen LogP contribution is -2.23. The van der Waals surface area contributed by atoms with Crippen LogP contribution in [0.15, 0.2) is 12.3 Å². The molecular formula is C9H8ClN5OS. The summed E-state index contributed by atoms with van der Waals surface area (Å²) in [6.45, 7) is 2.11. The van der Waals surface area contributed by atoms with E-state index in [4.69, 9.17) is 11.6 Å². The number of aryl methyl sites for hydroxylation is 1. The van der Waals surface area contributed by atoms with Gasteiger partial charge in [0, 0.05) is 6.20 Å². The molecule has 0 aliphatic carbocycles. The summed E-state index contributed by atoms with van der Waals surface area (Å²) < 4.78 is 0.244. The molecule has 17 heavy (non-hydrogen) atoms. The van der Waals surface area contributed by atoms with Gasteiger partial charge in [-0.15, -0.1) is 10.2 Å². The van der Waals surface area contributed by atoms with Crippen LogP contribution in [0, 0.1) is 6.92 Å². The number of hydrogen-bond donors (Lipinski definition) is 1. The van der Waals surface area contributed by atoms with Crippen molar-refractivity contribution in [2.75, 3.05) is 0 Å². The van der Waals surface area contributed by atoms with Crippen molar-refractivity contribution >= 4 is 28.8 Å². The normalized spacial score (nSPS) is 10.2. The number of carbonyl (C=O) groups is 1. The van der Waals surface area contributed by atoms with Crippen molar-refractivity contribution in [3.63, 3.8) is 0 Å². The van der Waals surface area contributed by atoms with Crippen LogP contribution in [0.2, 0.25) is 4.47 Å². The van der Waals surface area contributed by atoms with Crippen molar-refractivity contribution in [2.45, 2.75) is 13.5 Å². The molecule has 0 bridgehead atoms. The molecule has 0 atom stereocenters. The molecule has 8 heteroatoms. The van der Waals surface area contributed by atoms with E-state index in [0.29, 0.717) is 12.4 Å². The van der Waals surface area contributed by atoms with E-state index < -0.39 is 0 Å². The molecule has 0 radical (unpaired) electrons. The number of amides is 1. The number of halogens is 1. The summed E-state index contributed by atoms with van der Waals surface area (Å²) in [5, 5.41) is 10.1. The average Bonchev–Trinajstić information content (AvgIpc) is 2.73. The Labute approximate surface area is 106 Å². The van der Waals surface area contributed by atoms with E-state index in [2.05, 4.69) is 25.5 Å². The summed E-state index contributed by atoms with van der Waals surface area (Å²) in [5.74, 6) is 0.348. The van der Waals surface area contributed by atoms with E-state index >= 15 is 0 Å². The fraction of sp³-hybridized carbons (Fsp3) is 0.222. The molecule has 2 heterocycles. The van der Waals surface area contributed by atoms with Crippen LogP contribution in [-0.2, 0) is 6.54 Å². The zero-order valence-corrected chi connectivity index (χ0v) is 10.4. The lowest BCUT2D eigenvalue weighted by Gasteiger charge is -2.02. The van der Waals surface area contributed by atoms with Crippen molar-refractivity contribution < 1.29 is 4.79 Å². The summed E-state index contributed by atoms with van der Waals surface area (Å²) in [6.07, 6.45) is 1.64. The first-order valence-corrected chi connectivity index (χ1v) is 5.90. The molecule has 1 amide bonds. The highest BCUT2D eigenvalue weighted by Crippen LogP contribution is 2.14. The first-order valence-electron chi connectivity index (χ1n) is 4.71. The average molecular weight is 270 g/mol. The van der Waals surface area contributed by atoms with Crippen molar-refractivity contribution in [1.82, 2.24) is 25.5 Å². The third-order valence-corrected chi connectivity index (χ3v) is 2.88. The first-order chi connectivity index (χ1) is 8.15. The Morgan fingerprint density at radius 2 is 2.35 bits per heavy atom. The van der Waals surface area contributed by atoms with Crippen LogP contribution < -0.4 is 5.32 Å². The zero-order valence-electron chi connectivity index (χ0n) is 8.85. The van der Waals surface area contributed by atoms with Gasteiger partial charge in [-0.3, -0.25) is 4.79 Å². The standard InChI is InChI=1S/C9H8ClN5OS/c1-5-11-3-2-6(13-5)4-12-7(16)8-14-15-9(10)17-8/h2-3H,4H2,1H3,(H,12,16). The number of aromatic nitrogens is 4. The monoisotopic (exact) mass is 269 g/mol. The van der Waals surface area contributed by atoms with Crippen LogP contribution in [0.4, 0.5) is 0 Å². The Kier molecular flexibility index (Phi) is 3.60. The van der Waals surface area contributed by atoms with Crippen LogP contribution in [0.1, 0.15) is 21.3 Å². The minimum absolute atomic E-state index is 0.237. The van der Waals surface area contributed by atoms with Crippen molar-refractivity contribution in [3.05, 3.63) is 33.3 Å². The highest BCUT2D eigenvalue weighted by Gasteiger charge is 2.11. The second kappa shape index (κ2) is 5.15. The van der Waals surface area contributed by atoms with Gasteiger partial charge in [-0.1, -0.05) is 11.3 Å². The molecule has 1 N–H and O–H groups in total. The fourth-order valence-electron chi connectivity index (χ4n) is 1.15. The van der Waals surface area contributed by atoms with Crippen LogP contribution >= 0.6 is 22.9 Å². The topological polar surface area (TPSA) is 80.7 Å². The summed E-state index contributed by atoms with van der Waals surface area (Å²) in [6, 6.07) is 1.74. The molecule has 0 aromatic carbocycles. The molecule has 0 fully saturated rings. The molecule has 0 saturated carbocycles. The maximum Gasteiger partial charge on any atom is 0.282 e. The number of hydrogen-bond acceptors (Lipinski definition) is 6. The third-order valence-electron chi connectivity index (χ3n) is 1.86. The van der Waals surface area contributed by atoms with E-state index in [1.807, 2.05) is 0 Å². The van der Waals surface area contributed by atoms with Gasteiger partial charge < -0.3 is 5.32 Å². The third kappa shape index (κ3) is 3.18. The lowest BCUT2D eigenvalue weighted by molar-refractivity contribution is 0.0949. The Balaban J connectivity index is 1.97. The lowest BCUT2D eigenvalue weighted by atomic mass is 10.4. The Hall–Kier alpha value is -1.60. The summed E-state index contributed by atoms with van der Waals surface area (Å²) in [7, 11) is 0. The van der Waals surface area contributed by atoms with Crippen LogP contribution in [0.3, 0.4) is 0 Å². The van der Waals surface area contributed by atoms with E-state index in [-0.39, 0.29) is 15.4 Å². The second-order valence-electron chi connectivity index (χ2n) is 3.14. The molecule has 0 spiro atoms. The van der Waals surface area contributed by atoms with Crippen LogP contribution in [-0.4, -0.2) is 26.1 Å². The van der Waals surface area contributed by atoms with Gasteiger partial charge >= 0.3 is 0 Å². The SMILES string of the molecule is Cc1nccc(CNC(=O)c2nnc(Cl)s2)n1. The molecule has 2 rings (SSSR count). The number of nitrogens with zero attached hydrogens (tertiary/aromatic N) is 4. The van der Waals surface area contributed by atoms with Gasteiger partial charge in [0.1, 0.15) is 5.82 Å². The van der Waals surface area contributed by atoms with Gasteiger partial charge in [0.25, 0.3) is 5.91 Å². The molecular weight excluding hydrogens is 262 g/mol. The molecule has 6 nitrogen and oxygen atoms in total. The zero-order chi connectivity index (χ0) is 12.3. The largest absolute Gasteiger partial charge is 0.344 e. The second-order valence-corrected chi connectivity index (χ2v) is 4.70. The molecule has 0 aliphatic rings. The van der Waals surface area contributed by atoms with E-state index in [9.17, 15) is 4.79 Å². The summed E-state index contributed by atoms with van der Waals surface area (Å²) >= 11 is 6.62. The minimum atomic E-state index is -0.314. The molecule has 0 aliphatic heterocycles. The predicted molar refractivity (Wildman–Crippen MR) is 62.9 cm³/mol. The quantitative estimate of drug-likeness (QED) is 0.906. The minimum Gasteiger partial charge on any atom is -0.344 e. The van der Waals surface area contributed by atoms with Gasteiger partial charge in [-0.25, -0.2) is 9.97 Å². The maximum absolute atomic E-state index is 11.6. The molecule has 88 valence electrons.